The van der Waals surface area contributed by atoms with Crippen molar-refractivity contribution >= 4 is 27.7 Å². The smallest absolute Gasteiger partial charge is 0.225 e. The van der Waals surface area contributed by atoms with E-state index in [1.165, 1.54) is 4.31 Å². The van der Waals surface area contributed by atoms with Crippen LogP contribution in [0.25, 0.3) is 0 Å². The second-order valence-corrected chi connectivity index (χ2v) is 8.65. The van der Waals surface area contributed by atoms with Crippen LogP contribution in [0.2, 0.25) is 0 Å². The van der Waals surface area contributed by atoms with Gasteiger partial charge in [0, 0.05) is 36.6 Å². The van der Waals surface area contributed by atoms with Crippen LogP contribution >= 0.6 is 11.8 Å². The summed E-state index contributed by atoms with van der Waals surface area (Å²) < 4.78 is 25.5. The normalized spacial score (nSPS) is 18.6. The first-order valence-electron chi connectivity index (χ1n) is 6.07. The molecule has 0 bridgehead atoms. The zero-order chi connectivity index (χ0) is 13.8. The van der Waals surface area contributed by atoms with Gasteiger partial charge < -0.3 is 5.32 Å². The first kappa shape index (κ1) is 15.8. The van der Waals surface area contributed by atoms with E-state index in [4.69, 9.17) is 0 Å². The second-order valence-electron chi connectivity index (χ2n) is 5.33. The molecule has 1 amide bonds. The van der Waals surface area contributed by atoms with E-state index in [0.717, 1.165) is 11.5 Å². The number of sulfonamides is 1. The number of nitrogens with one attached hydrogen (secondary N) is 1. The van der Waals surface area contributed by atoms with Gasteiger partial charge in [-0.15, -0.1) is 0 Å². The van der Waals surface area contributed by atoms with Gasteiger partial charge in [-0.25, -0.2) is 12.7 Å². The Hall–Kier alpha value is -0.270. The Morgan fingerprint density at radius 3 is 2.33 bits per heavy atom. The number of rotatable bonds is 4. The number of carbonyl (C=O) groups is 1. The molecule has 1 heterocycles. The molecule has 5 nitrogen and oxygen atoms in total. The van der Waals surface area contributed by atoms with Gasteiger partial charge in [-0.1, -0.05) is 20.8 Å². The Bertz CT molecular complexity index is 382. The lowest BCUT2D eigenvalue weighted by Gasteiger charge is -2.26. The molecule has 106 valence electrons. The number of carbonyl (C=O) groups excluding carboxylic acids is 1. The lowest BCUT2D eigenvalue weighted by atomic mass is 9.96. The van der Waals surface area contributed by atoms with Crippen LogP contribution in [0.5, 0.6) is 0 Å². The maximum Gasteiger partial charge on any atom is 0.225 e. The van der Waals surface area contributed by atoms with Crippen LogP contribution in [0.15, 0.2) is 0 Å². The van der Waals surface area contributed by atoms with Gasteiger partial charge in [0.15, 0.2) is 0 Å². The first-order valence-corrected chi connectivity index (χ1v) is 8.84. The summed E-state index contributed by atoms with van der Waals surface area (Å²) >= 11 is 1.77. The molecule has 1 aliphatic rings. The molecule has 0 unspecified atom stereocenters. The highest BCUT2D eigenvalue weighted by atomic mass is 32.2. The molecule has 1 saturated heterocycles. The number of hydrogen-bond donors (Lipinski definition) is 1. The number of nitrogens with zero attached hydrogens (tertiary/aromatic N) is 1. The molecule has 7 heteroatoms. The zero-order valence-corrected chi connectivity index (χ0v) is 12.9. The van der Waals surface area contributed by atoms with Gasteiger partial charge in [-0.3, -0.25) is 4.79 Å². The fraction of sp³-hybridized carbons (Fsp3) is 0.909. The van der Waals surface area contributed by atoms with Gasteiger partial charge in [0.25, 0.3) is 0 Å². The van der Waals surface area contributed by atoms with Crippen molar-refractivity contribution < 1.29 is 13.2 Å². The fourth-order valence-electron chi connectivity index (χ4n) is 1.51. The van der Waals surface area contributed by atoms with E-state index in [1.807, 2.05) is 0 Å². The topological polar surface area (TPSA) is 66.5 Å². The van der Waals surface area contributed by atoms with Crippen molar-refractivity contribution in [1.29, 1.82) is 0 Å². The quantitative estimate of drug-likeness (QED) is 0.821. The summed E-state index contributed by atoms with van der Waals surface area (Å²) in [6.45, 7) is 6.76. The molecule has 1 aliphatic heterocycles. The average molecular weight is 294 g/mol. The van der Waals surface area contributed by atoms with Crippen LogP contribution in [0.1, 0.15) is 20.8 Å². The summed E-state index contributed by atoms with van der Waals surface area (Å²) in [6.07, 6.45) is 0. The zero-order valence-electron chi connectivity index (χ0n) is 11.2. The molecule has 0 aromatic heterocycles. The largest absolute Gasteiger partial charge is 0.355 e. The van der Waals surface area contributed by atoms with Crippen molar-refractivity contribution in [2.24, 2.45) is 5.41 Å². The Kier molecular flexibility index (Phi) is 5.48. The van der Waals surface area contributed by atoms with Crippen LogP contribution in [0.3, 0.4) is 0 Å². The van der Waals surface area contributed by atoms with E-state index in [9.17, 15) is 13.2 Å². The van der Waals surface area contributed by atoms with Gasteiger partial charge in [-0.05, 0) is 0 Å². The van der Waals surface area contributed by atoms with Gasteiger partial charge >= 0.3 is 0 Å². The molecule has 0 radical (unpaired) electrons. The van der Waals surface area contributed by atoms with Crippen molar-refractivity contribution in [2.45, 2.75) is 20.8 Å². The van der Waals surface area contributed by atoms with Crippen molar-refractivity contribution in [3.8, 4) is 0 Å². The average Bonchev–Trinajstić information content (AvgIpc) is 2.28. The van der Waals surface area contributed by atoms with Crippen LogP contribution in [0.4, 0.5) is 0 Å². The summed E-state index contributed by atoms with van der Waals surface area (Å²) in [5, 5.41) is 2.67. The Balaban J connectivity index is 2.40. The highest BCUT2D eigenvalue weighted by Gasteiger charge is 2.25. The van der Waals surface area contributed by atoms with E-state index in [-0.39, 0.29) is 18.2 Å². The summed E-state index contributed by atoms with van der Waals surface area (Å²) in [5.74, 6) is 1.58. The van der Waals surface area contributed by atoms with Crippen molar-refractivity contribution in [3.05, 3.63) is 0 Å². The number of amides is 1. The highest BCUT2D eigenvalue weighted by Crippen LogP contribution is 2.14. The number of thioether (sulfide) groups is 1. The lowest BCUT2D eigenvalue weighted by Crippen LogP contribution is -2.43. The second kappa shape index (κ2) is 6.25. The molecule has 0 aromatic carbocycles. The molecular weight excluding hydrogens is 272 g/mol. The molecule has 0 aliphatic carbocycles. The standard InChI is InChI=1S/C11H22N2O3S2/c1-11(2,3)10(14)12-4-9-18(15,16)13-5-7-17-8-6-13/h4-9H2,1-3H3,(H,12,14). The predicted molar refractivity (Wildman–Crippen MR) is 75.1 cm³/mol. The molecule has 0 spiro atoms. The Labute approximate surface area is 114 Å². The predicted octanol–water partition coefficient (Wildman–Crippen LogP) is 0.527. The van der Waals surface area contributed by atoms with E-state index >= 15 is 0 Å². The number of hydrogen-bond acceptors (Lipinski definition) is 4. The molecular formula is C11H22N2O3S2. The van der Waals surface area contributed by atoms with Crippen LogP contribution < -0.4 is 5.32 Å². The Morgan fingerprint density at radius 1 is 1.28 bits per heavy atom. The van der Waals surface area contributed by atoms with E-state index in [0.29, 0.717) is 13.1 Å². The summed E-state index contributed by atoms with van der Waals surface area (Å²) in [6, 6.07) is 0. The molecule has 18 heavy (non-hydrogen) atoms. The monoisotopic (exact) mass is 294 g/mol. The van der Waals surface area contributed by atoms with Crippen molar-refractivity contribution in [1.82, 2.24) is 9.62 Å². The van der Waals surface area contributed by atoms with Gasteiger partial charge in [0.1, 0.15) is 0 Å². The SMILES string of the molecule is CC(C)(C)C(=O)NCCS(=O)(=O)N1CCSCC1. The van der Waals surface area contributed by atoms with Crippen molar-refractivity contribution in [3.63, 3.8) is 0 Å². The maximum atomic E-state index is 12.0. The minimum absolute atomic E-state index is 0.0144. The summed E-state index contributed by atoms with van der Waals surface area (Å²) in [4.78, 5) is 11.6. The molecule has 0 atom stereocenters. The van der Waals surface area contributed by atoms with Gasteiger partial charge in [0.2, 0.25) is 15.9 Å². The molecule has 1 N–H and O–H groups in total. The third-order valence-corrected chi connectivity index (χ3v) is 5.50. The van der Waals surface area contributed by atoms with Crippen molar-refractivity contribution in [2.75, 3.05) is 36.9 Å². The van der Waals surface area contributed by atoms with Crippen LogP contribution in [0, 0.1) is 5.41 Å². The van der Waals surface area contributed by atoms with Gasteiger partial charge in [0.05, 0.1) is 5.75 Å². The summed E-state index contributed by atoms with van der Waals surface area (Å²) in [7, 11) is -3.22. The van der Waals surface area contributed by atoms with Crippen LogP contribution in [-0.2, 0) is 14.8 Å². The van der Waals surface area contributed by atoms with E-state index < -0.39 is 15.4 Å². The van der Waals surface area contributed by atoms with Gasteiger partial charge in [-0.2, -0.15) is 11.8 Å². The Morgan fingerprint density at radius 2 is 1.83 bits per heavy atom. The summed E-state index contributed by atoms with van der Waals surface area (Å²) in [5.41, 5.74) is -0.481. The molecule has 0 aromatic rings. The van der Waals surface area contributed by atoms with E-state index in [1.54, 1.807) is 32.5 Å². The van der Waals surface area contributed by atoms with Crippen LogP contribution in [-0.4, -0.2) is 55.5 Å². The molecule has 0 saturated carbocycles. The molecule has 1 rings (SSSR count). The highest BCUT2D eigenvalue weighted by molar-refractivity contribution is 7.99. The molecule has 1 fully saturated rings. The first-order chi connectivity index (χ1) is 8.23. The lowest BCUT2D eigenvalue weighted by molar-refractivity contribution is -0.128. The maximum absolute atomic E-state index is 12.0. The fourth-order valence-corrected chi connectivity index (χ4v) is 4.00. The third-order valence-electron chi connectivity index (χ3n) is 2.69. The minimum atomic E-state index is -3.22. The third kappa shape index (κ3) is 4.78. The van der Waals surface area contributed by atoms with E-state index in [2.05, 4.69) is 5.32 Å². The minimum Gasteiger partial charge on any atom is -0.355 e.